The molecular weight excluding hydrogens is 277 g/mol. The molecule has 20 heavy (non-hydrogen) atoms. The predicted octanol–water partition coefficient (Wildman–Crippen LogP) is 3.47. The van der Waals surface area contributed by atoms with Crippen LogP contribution in [-0.4, -0.2) is 16.3 Å². The molecule has 0 atom stereocenters. The normalized spacial score (nSPS) is 11.0. The summed E-state index contributed by atoms with van der Waals surface area (Å²) >= 11 is 5.90. The standard InChI is InChI=1S/C15H19ClFN3/c1-11-9-12(2)20(19-11)8-4-7-18-10-13-5-3-6-14(17)15(13)16/h3,5-6,9,18H,4,7-8,10H2,1-2H3. The second kappa shape index (κ2) is 6.86. The van der Waals surface area contributed by atoms with Gasteiger partial charge in [0.1, 0.15) is 5.82 Å². The van der Waals surface area contributed by atoms with E-state index < -0.39 is 0 Å². The van der Waals surface area contributed by atoms with E-state index >= 15 is 0 Å². The second-order valence-electron chi connectivity index (χ2n) is 4.89. The maximum absolute atomic E-state index is 13.3. The van der Waals surface area contributed by atoms with E-state index in [9.17, 15) is 4.39 Å². The minimum absolute atomic E-state index is 0.207. The summed E-state index contributed by atoms with van der Waals surface area (Å²) < 4.78 is 15.3. The molecule has 0 aliphatic carbocycles. The summed E-state index contributed by atoms with van der Waals surface area (Å²) in [4.78, 5) is 0. The Kier molecular flexibility index (Phi) is 5.15. The van der Waals surface area contributed by atoms with E-state index in [1.807, 2.05) is 17.7 Å². The van der Waals surface area contributed by atoms with Gasteiger partial charge in [-0.3, -0.25) is 4.68 Å². The first-order valence-electron chi connectivity index (χ1n) is 6.72. The highest BCUT2D eigenvalue weighted by molar-refractivity contribution is 6.31. The van der Waals surface area contributed by atoms with Crippen molar-refractivity contribution in [2.45, 2.75) is 33.4 Å². The molecule has 3 nitrogen and oxygen atoms in total. The third kappa shape index (κ3) is 3.81. The summed E-state index contributed by atoms with van der Waals surface area (Å²) in [5.74, 6) is -0.367. The van der Waals surface area contributed by atoms with Gasteiger partial charge in [0, 0.05) is 18.8 Å². The van der Waals surface area contributed by atoms with E-state index in [4.69, 9.17) is 11.6 Å². The lowest BCUT2D eigenvalue weighted by Crippen LogP contribution is -2.17. The summed E-state index contributed by atoms with van der Waals surface area (Å²) in [6, 6.07) is 6.95. The van der Waals surface area contributed by atoms with Crippen molar-refractivity contribution < 1.29 is 4.39 Å². The van der Waals surface area contributed by atoms with Gasteiger partial charge in [-0.05, 0) is 44.5 Å². The van der Waals surface area contributed by atoms with Crippen LogP contribution in [0, 0.1) is 19.7 Å². The smallest absolute Gasteiger partial charge is 0.142 e. The first-order valence-corrected chi connectivity index (χ1v) is 7.10. The molecule has 0 saturated heterocycles. The average molecular weight is 296 g/mol. The van der Waals surface area contributed by atoms with Crippen LogP contribution < -0.4 is 5.32 Å². The molecule has 0 aliphatic rings. The van der Waals surface area contributed by atoms with E-state index in [1.54, 1.807) is 6.07 Å². The number of nitrogens with one attached hydrogen (secondary N) is 1. The number of aryl methyl sites for hydroxylation is 3. The van der Waals surface area contributed by atoms with Gasteiger partial charge in [0.2, 0.25) is 0 Å². The van der Waals surface area contributed by atoms with E-state index in [0.717, 1.165) is 30.8 Å². The van der Waals surface area contributed by atoms with Gasteiger partial charge < -0.3 is 5.32 Å². The van der Waals surface area contributed by atoms with Crippen LogP contribution in [0.4, 0.5) is 4.39 Å². The lowest BCUT2D eigenvalue weighted by atomic mass is 10.2. The highest BCUT2D eigenvalue weighted by Gasteiger charge is 2.05. The molecule has 2 rings (SSSR count). The van der Waals surface area contributed by atoms with Crippen LogP contribution in [0.15, 0.2) is 24.3 Å². The summed E-state index contributed by atoms with van der Waals surface area (Å²) in [7, 11) is 0. The Labute approximate surface area is 123 Å². The molecule has 2 aromatic rings. The Bertz CT molecular complexity index is 580. The maximum atomic E-state index is 13.3. The Morgan fingerprint density at radius 2 is 2.15 bits per heavy atom. The van der Waals surface area contributed by atoms with Gasteiger partial charge in [-0.2, -0.15) is 5.10 Å². The Hall–Kier alpha value is -1.39. The lowest BCUT2D eigenvalue weighted by molar-refractivity contribution is 0.531. The molecule has 1 N–H and O–H groups in total. The number of benzene rings is 1. The fourth-order valence-corrected chi connectivity index (χ4v) is 2.36. The van der Waals surface area contributed by atoms with Crippen molar-refractivity contribution in [3.63, 3.8) is 0 Å². The van der Waals surface area contributed by atoms with Crippen molar-refractivity contribution in [3.05, 3.63) is 52.1 Å². The fourth-order valence-electron chi connectivity index (χ4n) is 2.16. The molecule has 0 radical (unpaired) electrons. The van der Waals surface area contributed by atoms with Gasteiger partial charge in [-0.25, -0.2) is 4.39 Å². The summed E-state index contributed by atoms with van der Waals surface area (Å²) in [5, 5.41) is 7.89. The van der Waals surface area contributed by atoms with E-state index in [1.165, 1.54) is 11.8 Å². The molecule has 0 bridgehead atoms. The van der Waals surface area contributed by atoms with E-state index in [0.29, 0.717) is 6.54 Å². The van der Waals surface area contributed by atoms with Crippen molar-refractivity contribution in [3.8, 4) is 0 Å². The van der Waals surface area contributed by atoms with Crippen LogP contribution >= 0.6 is 11.6 Å². The number of hydrogen-bond acceptors (Lipinski definition) is 2. The predicted molar refractivity (Wildman–Crippen MR) is 79.4 cm³/mol. The zero-order valence-corrected chi connectivity index (χ0v) is 12.5. The van der Waals surface area contributed by atoms with Gasteiger partial charge in [-0.15, -0.1) is 0 Å². The SMILES string of the molecule is Cc1cc(C)n(CCCNCc2cccc(F)c2Cl)n1. The van der Waals surface area contributed by atoms with Gasteiger partial charge in [-0.1, -0.05) is 23.7 Å². The quantitative estimate of drug-likeness (QED) is 0.827. The Morgan fingerprint density at radius 1 is 1.35 bits per heavy atom. The van der Waals surface area contributed by atoms with Gasteiger partial charge in [0.05, 0.1) is 10.7 Å². The highest BCUT2D eigenvalue weighted by Crippen LogP contribution is 2.19. The Balaban J connectivity index is 1.74. The first-order chi connectivity index (χ1) is 9.58. The van der Waals surface area contributed by atoms with Crippen molar-refractivity contribution in [2.75, 3.05) is 6.54 Å². The molecule has 1 heterocycles. The Morgan fingerprint density at radius 3 is 2.85 bits per heavy atom. The second-order valence-corrected chi connectivity index (χ2v) is 5.27. The topological polar surface area (TPSA) is 29.9 Å². The molecule has 0 aliphatic heterocycles. The lowest BCUT2D eigenvalue weighted by Gasteiger charge is -2.08. The van der Waals surface area contributed by atoms with Crippen molar-refractivity contribution in [1.82, 2.24) is 15.1 Å². The third-order valence-corrected chi connectivity index (χ3v) is 3.60. The maximum Gasteiger partial charge on any atom is 0.142 e. The minimum atomic E-state index is -0.367. The van der Waals surface area contributed by atoms with E-state index in [-0.39, 0.29) is 10.8 Å². The third-order valence-electron chi connectivity index (χ3n) is 3.17. The van der Waals surface area contributed by atoms with E-state index in [2.05, 4.69) is 23.4 Å². The number of rotatable bonds is 6. The van der Waals surface area contributed by atoms with Gasteiger partial charge in [0.15, 0.2) is 0 Å². The number of hydrogen-bond donors (Lipinski definition) is 1. The molecule has 1 aromatic carbocycles. The van der Waals surface area contributed by atoms with Crippen molar-refractivity contribution in [1.29, 1.82) is 0 Å². The molecule has 0 spiro atoms. The molecule has 1 aromatic heterocycles. The average Bonchev–Trinajstić information content (AvgIpc) is 2.72. The number of halogens is 2. The van der Waals surface area contributed by atoms with Crippen LogP contribution in [0.3, 0.4) is 0 Å². The van der Waals surface area contributed by atoms with Crippen LogP contribution in [0.1, 0.15) is 23.4 Å². The molecule has 0 unspecified atom stereocenters. The van der Waals surface area contributed by atoms with Gasteiger partial charge in [0.25, 0.3) is 0 Å². The van der Waals surface area contributed by atoms with Crippen molar-refractivity contribution >= 4 is 11.6 Å². The molecular formula is C15H19ClFN3. The van der Waals surface area contributed by atoms with Crippen LogP contribution in [0.25, 0.3) is 0 Å². The summed E-state index contributed by atoms with van der Waals surface area (Å²) in [6.07, 6.45) is 0.967. The minimum Gasteiger partial charge on any atom is -0.313 e. The van der Waals surface area contributed by atoms with Gasteiger partial charge >= 0.3 is 0 Å². The summed E-state index contributed by atoms with van der Waals surface area (Å²) in [6.45, 7) is 6.34. The molecule has 0 amide bonds. The van der Waals surface area contributed by atoms with Crippen LogP contribution in [0.5, 0.6) is 0 Å². The van der Waals surface area contributed by atoms with Crippen LogP contribution in [0.2, 0.25) is 5.02 Å². The molecule has 5 heteroatoms. The van der Waals surface area contributed by atoms with Crippen molar-refractivity contribution in [2.24, 2.45) is 0 Å². The largest absolute Gasteiger partial charge is 0.313 e. The highest BCUT2D eigenvalue weighted by atomic mass is 35.5. The number of nitrogens with zero attached hydrogens (tertiary/aromatic N) is 2. The molecule has 0 saturated carbocycles. The fraction of sp³-hybridized carbons (Fsp3) is 0.400. The first kappa shape index (κ1) is 15.0. The summed E-state index contributed by atoms with van der Waals surface area (Å²) in [5.41, 5.74) is 3.01. The molecule has 0 fully saturated rings. The monoisotopic (exact) mass is 295 g/mol. The van der Waals surface area contributed by atoms with Crippen LogP contribution in [-0.2, 0) is 13.1 Å². The zero-order chi connectivity index (χ0) is 14.5. The molecule has 108 valence electrons. The zero-order valence-electron chi connectivity index (χ0n) is 11.8. The number of aromatic nitrogens is 2.